The minimum absolute atomic E-state index is 0. The molecule has 106 valence electrons. The molecule has 1 fully saturated rings. The van der Waals surface area contributed by atoms with E-state index >= 15 is 0 Å². The number of carboxylic acid groups (broad SMARTS) is 1. The quantitative estimate of drug-likeness (QED) is 0.287. The summed E-state index contributed by atoms with van der Waals surface area (Å²) in [7, 11) is -4.21. The molecule has 0 aromatic carbocycles. The molecule has 13 heteroatoms. The summed E-state index contributed by atoms with van der Waals surface area (Å²) in [5, 5.41) is 29.4. The second-order valence-corrected chi connectivity index (χ2v) is 4.44. The van der Waals surface area contributed by atoms with Gasteiger partial charge in [-0.05, 0) is 0 Å². The Hall–Kier alpha value is 1.18. The Morgan fingerprint density at radius 3 is 2.10 bits per heavy atom. The van der Waals surface area contributed by atoms with Crippen LogP contribution in [0.5, 0.6) is 0 Å². The van der Waals surface area contributed by atoms with Crippen molar-refractivity contribution in [3.8, 4) is 0 Å². The Morgan fingerprint density at radius 1 is 1.25 bits per heavy atom. The largest absolute Gasteiger partial charge is 1.00 e. The van der Waals surface area contributed by atoms with Crippen LogP contribution in [0.2, 0.25) is 0 Å². The van der Waals surface area contributed by atoms with Crippen LogP contribution < -0.4 is 64.2 Å². The molecule has 0 aromatic rings. The van der Waals surface area contributed by atoms with Gasteiger partial charge in [0, 0.05) is 7.11 Å². The Labute approximate surface area is 158 Å². The number of aliphatic hydroxyl groups excluding tert-OH is 2. The fourth-order valence-corrected chi connectivity index (χ4v) is 1.94. The molecule has 5 atom stereocenters. The third-order valence-electron chi connectivity index (χ3n) is 2.24. The number of ether oxygens (including phenoxy) is 2. The molecule has 0 saturated carbocycles. The van der Waals surface area contributed by atoms with Gasteiger partial charge in [-0.1, -0.05) is 0 Å². The second-order valence-electron chi connectivity index (χ2n) is 3.43. The van der Waals surface area contributed by atoms with Crippen LogP contribution >= 0.6 is 0 Å². The molecule has 1 rings (SSSR count). The number of aliphatic carboxylic acids is 1. The SMILES string of the molecule is CO[C@@H]1O[C@@H](C(=O)[O-])[C@@H](O)[C@H](O)[C@H]1OS(=O)(=O)[O-].[Na+].[Na+]. The van der Waals surface area contributed by atoms with Crippen molar-refractivity contribution in [1.82, 2.24) is 0 Å². The number of hydrogen-bond acceptors (Lipinski definition) is 10. The van der Waals surface area contributed by atoms with E-state index in [0.29, 0.717) is 0 Å². The van der Waals surface area contributed by atoms with Crippen molar-refractivity contribution < 1.29 is 106 Å². The van der Waals surface area contributed by atoms with Crippen LogP contribution in [0, 0.1) is 0 Å². The molecule has 1 aliphatic heterocycles. The molecule has 1 heterocycles. The maximum atomic E-state index is 10.6. The topological polar surface area (TPSA) is 165 Å². The second kappa shape index (κ2) is 9.35. The summed E-state index contributed by atoms with van der Waals surface area (Å²) >= 11 is 0. The van der Waals surface area contributed by atoms with Gasteiger partial charge in [-0.2, -0.15) is 0 Å². The van der Waals surface area contributed by atoms with Crippen LogP contribution in [0.4, 0.5) is 0 Å². The molecule has 1 saturated heterocycles. The van der Waals surface area contributed by atoms with Gasteiger partial charge >= 0.3 is 59.1 Å². The maximum absolute atomic E-state index is 10.6. The molecule has 0 aliphatic carbocycles. The summed E-state index contributed by atoms with van der Waals surface area (Å²) in [6, 6.07) is 0. The van der Waals surface area contributed by atoms with Gasteiger partial charge in [0.2, 0.25) is 10.4 Å². The van der Waals surface area contributed by atoms with E-state index in [1.54, 1.807) is 0 Å². The van der Waals surface area contributed by atoms with E-state index in [4.69, 9.17) is 0 Å². The van der Waals surface area contributed by atoms with E-state index in [1.807, 2.05) is 0 Å². The molecule has 1 aliphatic rings. The number of carbonyl (C=O) groups is 1. The fourth-order valence-electron chi connectivity index (χ4n) is 1.46. The van der Waals surface area contributed by atoms with E-state index in [9.17, 15) is 33.1 Å². The third-order valence-corrected chi connectivity index (χ3v) is 2.70. The first-order chi connectivity index (χ1) is 8.17. The normalized spacial score (nSPS) is 33.7. The number of carboxylic acids is 1. The number of rotatable bonds is 4. The zero-order chi connectivity index (χ0) is 14.1. The van der Waals surface area contributed by atoms with Crippen LogP contribution in [0.25, 0.3) is 0 Å². The average Bonchev–Trinajstić information content (AvgIpc) is 2.23. The minimum Gasteiger partial charge on any atom is -0.726 e. The van der Waals surface area contributed by atoms with Crippen LogP contribution in [0.3, 0.4) is 0 Å². The summed E-state index contributed by atoms with van der Waals surface area (Å²) in [5.74, 6) is -1.84. The molecule has 10 nitrogen and oxygen atoms in total. The number of carbonyl (C=O) groups excluding carboxylic acids is 1. The summed E-state index contributed by atoms with van der Waals surface area (Å²) in [6.45, 7) is 0. The van der Waals surface area contributed by atoms with E-state index in [2.05, 4.69) is 13.7 Å². The molecular weight excluding hydrogens is 322 g/mol. The van der Waals surface area contributed by atoms with Gasteiger partial charge in [-0.25, -0.2) is 8.42 Å². The van der Waals surface area contributed by atoms with Gasteiger partial charge in [-0.3, -0.25) is 4.18 Å². The van der Waals surface area contributed by atoms with Crippen molar-refractivity contribution in [2.45, 2.75) is 30.7 Å². The first-order valence-corrected chi connectivity index (χ1v) is 5.90. The van der Waals surface area contributed by atoms with Gasteiger partial charge in [0.25, 0.3) is 0 Å². The molecule has 0 amide bonds. The van der Waals surface area contributed by atoms with Crippen molar-refractivity contribution in [2.24, 2.45) is 0 Å². The third kappa shape index (κ3) is 6.12. The number of methoxy groups -OCH3 is 1. The molecule has 0 bridgehead atoms. The fraction of sp³-hybridized carbons (Fsp3) is 0.857. The van der Waals surface area contributed by atoms with Crippen molar-refractivity contribution in [2.75, 3.05) is 7.11 Å². The summed E-state index contributed by atoms with van der Waals surface area (Å²) < 4.78 is 44.3. The summed E-state index contributed by atoms with van der Waals surface area (Å²) in [5.41, 5.74) is 0. The molecular formula is C7H10Na2O10S. The Kier molecular flexibility index (Phi) is 11.0. The maximum Gasteiger partial charge on any atom is 1.00 e. The van der Waals surface area contributed by atoms with Crippen molar-refractivity contribution in [3.63, 3.8) is 0 Å². The summed E-state index contributed by atoms with van der Waals surface area (Å²) in [6.07, 6.45) is -9.55. The van der Waals surface area contributed by atoms with Gasteiger partial charge in [0.15, 0.2) is 12.4 Å². The van der Waals surface area contributed by atoms with Gasteiger partial charge < -0.3 is 34.1 Å². The Morgan fingerprint density at radius 2 is 1.75 bits per heavy atom. The zero-order valence-corrected chi connectivity index (χ0v) is 15.8. The van der Waals surface area contributed by atoms with E-state index in [0.717, 1.165) is 7.11 Å². The van der Waals surface area contributed by atoms with Gasteiger partial charge in [0.1, 0.15) is 18.3 Å². The monoisotopic (exact) mass is 332 g/mol. The first kappa shape index (κ1) is 23.4. The Balaban J connectivity index is 0. The van der Waals surface area contributed by atoms with Crippen LogP contribution in [-0.4, -0.2) is 67.0 Å². The van der Waals surface area contributed by atoms with Crippen LogP contribution in [0.1, 0.15) is 0 Å². The van der Waals surface area contributed by atoms with E-state index < -0.39 is 47.1 Å². The first-order valence-electron chi connectivity index (χ1n) is 4.56. The predicted octanol–water partition coefficient (Wildman–Crippen LogP) is -10.3. The van der Waals surface area contributed by atoms with Gasteiger partial charge in [-0.15, -0.1) is 0 Å². The number of aliphatic hydroxyl groups is 2. The molecule has 2 N–H and O–H groups in total. The average molecular weight is 332 g/mol. The van der Waals surface area contributed by atoms with E-state index in [-0.39, 0.29) is 59.1 Å². The smallest absolute Gasteiger partial charge is 0.726 e. The van der Waals surface area contributed by atoms with Crippen LogP contribution in [0.15, 0.2) is 0 Å². The molecule has 0 spiro atoms. The minimum atomic E-state index is -5.20. The van der Waals surface area contributed by atoms with E-state index in [1.165, 1.54) is 0 Å². The molecule has 0 aromatic heterocycles. The molecule has 0 unspecified atom stereocenters. The van der Waals surface area contributed by atoms with Gasteiger partial charge in [0.05, 0.1) is 5.97 Å². The summed E-state index contributed by atoms with van der Waals surface area (Å²) in [4.78, 5) is 10.6. The zero-order valence-electron chi connectivity index (χ0n) is 11.0. The molecule has 0 radical (unpaired) electrons. The standard InChI is InChI=1S/C7H12O10S.2Na/c1-15-7-5(17-18(12,13)14)3(9)2(8)4(16-7)6(10)11;;/h2-5,7-9H,1H3,(H,10,11)(H,12,13,14);;/q;2*+1/p-2/t2-,3-,4+,5+,7+;;/m0../s1. The van der Waals surface area contributed by atoms with Crippen molar-refractivity contribution in [1.29, 1.82) is 0 Å². The Bertz CT molecular complexity index is 412. The van der Waals surface area contributed by atoms with Crippen molar-refractivity contribution in [3.05, 3.63) is 0 Å². The predicted molar refractivity (Wildman–Crippen MR) is 47.3 cm³/mol. The van der Waals surface area contributed by atoms with Crippen LogP contribution in [-0.2, 0) is 28.9 Å². The number of hydrogen-bond donors (Lipinski definition) is 2. The molecule has 20 heavy (non-hydrogen) atoms. The van der Waals surface area contributed by atoms with Crippen molar-refractivity contribution >= 4 is 16.4 Å².